The molecule has 1 aromatic rings. The quantitative estimate of drug-likeness (QED) is 0.452. The molecule has 0 aliphatic carbocycles. The Labute approximate surface area is 147 Å². The van der Waals surface area contributed by atoms with Crippen LogP contribution in [-0.4, -0.2) is 63.0 Å². The standard InChI is InChI=1S/C18H26N2O5/c21-9-13-25-12-8-19-16(22)17(23)20-14-18(6-10-24-11-7-18)15-4-2-1-3-5-15/h1-5,21H,6-14H2,(H,19,22)(H,20,23). The van der Waals surface area contributed by atoms with Crippen LogP contribution in [0.4, 0.5) is 0 Å². The summed E-state index contributed by atoms with van der Waals surface area (Å²) in [6, 6.07) is 10.0. The summed E-state index contributed by atoms with van der Waals surface area (Å²) < 4.78 is 10.5. The lowest BCUT2D eigenvalue weighted by Crippen LogP contribution is -2.48. The van der Waals surface area contributed by atoms with Gasteiger partial charge in [-0.15, -0.1) is 0 Å². The largest absolute Gasteiger partial charge is 0.394 e. The van der Waals surface area contributed by atoms with E-state index in [0.29, 0.717) is 19.8 Å². The SMILES string of the molecule is O=C(NCCOCCO)C(=O)NCC1(c2ccccc2)CCOCC1. The van der Waals surface area contributed by atoms with E-state index in [-0.39, 0.29) is 31.8 Å². The van der Waals surface area contributed by atoms with Gasteiger partial charge >= 0.3 is 11.8 Å². The van der Waals surface area contributed by atoms with Crippen LogP contribution in [0.2, 0.25) is 0 Å². The summed E-state index contributed by atoms with van der Waals surface area (Å²) in [4.78, 5) is 23.9. The minimum absolute atomic E-state index is 0.0697. The number of aliphatic hydroxyl groups is 1. The van der Waals surface area contributed by atoms with Gasteiger partial charge in [-0.25, -0.2) is 0 Å². The predicted molar refractivity (Wildman–Crippen MR) is 92.1 cm³/mol. The number of nitrogens with one attached hydrogen (secondary N) is 2. The van der Waals surface area contributed by atoms with Gasteiger partial charge in [0.15, 0.2) is 0 Å². The van der Waals surface area contributed by atoms with Crippen molar-refractivity contribution in [1.29, 1.82) is 0 Å². The van der Waals surface area contributed by atoms with Gasteiger partial charge in [0.05, 0.1) is 19.8 Å². The van der Waals surface area contributed by atoms with E-state index in [9.17, 15) is 9.59 Å². The van der Waals surface area contributed by atoms with Crippen molar-refractivity contribution in [1.82, 2.24) is 10.6 Å². The van der Waals surface area contributed by atoms with Crippen molar-refractivity contribution in [3.8, 4) is 0 Å². The third kappa shape index (κ3) is 5.81. The molecule has 0 saturated carbocycles. The number of benzene rings is 1. The number of hydrogen-bond acceptors (Lipinski definition) is 5. The minimum Gasteiger partial charge on any atom is -0.394 e. The second-order valence-electron chi connectivity index (χ2n) is 6.03. The lowest BCUT2D eigenvalue weighted by atomic mass is 9.74. The third-order valence-electron chi connectivity index (χ3n) is 4.40. The molecular weight excluding hydrogens is 324 g/mol. The minimum atomic E-state index is -0.678. The summed E-state index contributed by atoms with van der Waals surface area (Å²) in [6.07, 6.45) is 1.60. The third-order valence-corrected chi connectivity index (χ3v) is 4.40. The Balaban J connectivity index is 1.86. The lowest BCUT2D eigenvalue weighted by molar-refractivity contribution is -0.139. The van der Waals surface area contributed by atoms with Gasteiger partial charge in [0, 0.05) is 31.7 Å². The molecule has 3 N–H and O–H groups in total. The smallest absolute Gasteiger partial charge is 0.309 e. The van der Waals surface area contributed by atoms with E-state index in [4.69, 9.17) is 14.6 Å². The molecule has 0 bridgehead atoms. The van der Waals surface area contributed by atoms with Gasteiger partial charge in [0.2, 0.25) is 0 Å². The van der Waals surface area contributed by atoms with Crippen molar-refractivity contribution in [3.63, 3.8) is 0 Å². The second kappa shape index (κ2) is 10.1. The van der Waals surface area contributed by atoms with Crippen molar-refractivity contribution >= 4 is 11.8 Å². The summed E-state index contributed by atoms with van der Waals surface area (Å²) in [7, 11) is 0. The van der Waals surface area contributed by atoms with Crippen LogP contribution in [0, 0.1) is 0 Å². The average Bonchev–Trinajstić information content (AvgIpc) is 2.67. The Hall–Kier alpha value is -1.96. The maximum atomic E-state index is 12.0. The molecule has 2 amide bonds. The molecule has 0 aromatic heterocycles. The van der Waals surface area contributed by atoms with Gasteiger partial charge < -0.3 is 25.2 Å². The van der Waals surface area contributed by atoms with E-state index >= 15 is 0 Å². The molecule has 138 valence electrons. The van der Waals surface area contributed by atoms with Crippen LogP contribution >= 0.6 is 0 Å². The Morgan fingerprint density at radius 2 is 1.76 bits per heavy atom. The number of carbonyl (C=O) groups excluding carboxylic acids is 2. The van der Waals surface area contributed by atoms with Crippen LogP contribution in [-0.2, 0) is 24.5 Å². The number of aliphatic hydroxyl groups excluding tert-OH is 1. The summed E-state index contributed by atoms with van der Waals surface area (Å²) >= 11 is 0. The highest BCUT2D eigenvalue weighted by Crippen LogP contribution is 2.34. The van der Waals surface area contributed by atoms with Gasteiger partial charge in [0.1, 0.15) is 0 Å². The van der Waals surface area contributed by atoms with E-state index in [1.54, 1.807) is 0 Å². The number of rotatable bonds is 8. The van der Waals surface area contributed by atoms with Crippen molar-refractivity contribution in [2.45, 2.75) is 18.3 Å². The van der Waals surface area contributed by atoms with E-state index in [1.165, 1.54) is 0 Å². The first-order valence-corrected chi connectivity index (χ1v) is 8.56. The summed E-state index contributed by atoms with van der Waals surface area (Å²) in [6.45, 7) is 2.30. The van der Waals surface area contributed by atoms with E-state index < -0.39 is 11.8 Å². The highest BCUT2D eigenvalue weighted by atomic mass is 16.5. The first kappa shape index (κ1) is 19.4. The fourth-order valence-electron chi connectivity index (χ4n) is 2.93. The molecule has 25 heavy (non-hydrogen) atoms. The van der Waals surface area contributed by atoms with E-state index in [2.05, 4.69) is 22.8 Å². The fourth-order valence-corrected chi connectivity index (χ4v) is 2.93. The van der Waals surface area contributed by atoms with Crippen LogP contribution in [0.15, 0.2) is 30.3 Å². The topological polar surface area (TPSA) is 96.9 Å². The van der Waals surface area contributed by atoms with Crippen molar-refractivity contribution in [3.05, 3.63) is 35.9 Å². The van der Waals surface area contributed by atoms with Gasteiger partial charge in [-0.2, -0.15) is 0 Å². The molecule has 1 fully saturated rings. The highest BCUT2D eigenvalue weighted by molar-refractivity contribution is 6.35. The summed E-state index contributed by atoms with van der Waals surface area (Å²) in [5.74, 6) is -1.33. The lowest BCUT2D eigenvalue weighted by Gasteiger charge is -2.37. The molecule has 1 aliphatic heterocycles. The van der Waals surface area contributed by atoms with Crippen LogP contribution in [0.25, 0.3) is 0 Å². The number of ether oxygens (including phenoxy) is 2. The predicted octanol–water partition coefficient (Wildman–Crippen LogP) is -0.0239. The summed E-state index contributed by atoms with van der Waals surface area (Å²) in [5.41, 5.74) is 0.941. The first-order chi connectivity index (χ1) is 12.2. The highest BCUT2D eigenvalue weighted by Gasteiger charge is 2.35. The van der Waals surface area contributed by atoms with E-state index in [1.807, 2.05) is 18.2 Å². The Kier molecular flexibility index (Phi) is 7.84. The monoisotopic (exact) mass is 350 g/mol. The van der Waals surface area contributed by atoms with Crippen molar-refractivity contribution in [2.75, 3.05) is 46.1 Å². The van der Waals surface area contributed by atoms with Gasteiger partial charge in [-0.05, 0) is 18.4 Å². The molecule has 0 unspecified atom stereocenters. The maximum Gasteiger partial charge on any atom is 0.309 e. The molecule has 1 saturated heterocycles. The van der Waals surface area contributed by atoms with Gasteiger partial charge in [0.25, 0.3) is 0 Å². The zero-order chi connectivity index (χ0) is 18.0. The number of amides is 2. The Bertz CT molecular complexity index is 544. The molecule has 1 aromatic carbocycles. The molecule has 0 atom stereocenters. The molecule has 0 spiro atoms. The number of hydrogen-bond donors (Lipinski definition) is 3. The van der Waals surface area contributed by atoms with Crippen molar-refractivity contribution < 1.29 is 24.2 Å². The molecule has 2 rings (SSSR count). The van der Waals surface area contributed by atoms with Crippen LogP contribution < -0.4 is 10.6 Å². The zero-order valence-electron chi connectivity index (χ0n) is 14.3. The maximum absolute atomic E-state index is 12.0. The van der Waals surface area contributed by atoms with Crippen molar-refractivity contribution in [2.24, 2.45) is 0 Å². The Morgan fingerprint density at radius 1 is 1.08 bits per heavy atom. The molecule has 0 radical (unpaired) electrons. The number of carbonyl (C=O) groups is 2. The average molecular weight is 350 g/mol. The first-order valence-electron chi connectivity index (χ1n) is 8.56. The molecule has 7 nitrogen and oxygen atoms in total. The van der Waals surface area contributed by atoms with Gasteiger partial charge in [-0.1, -0.05) is 30.3 Å². The molecular formula is C18H26N2O5. The summed E-state index contributed by atoms with van der Waals surface area (Å²) in [5, 5.41) is 13.8. The van der Waals surface area contributed by atoms with Crippen LogP contribution in [0.1, 0.15) is 18.4 Å². The molecule has 1 aliphatic rings. The Morgan fingerprint density at radius 3 is 2.44 bits per heavy atom. The normalized spacial score (nSPS) is 16.2. The van der Waals surface area contributed by atoms with Crippen LogP contribution in [0.5, 0.6) is 0 Å². The van der Waals surface area contributed by atoms with Gasteiger partial charge in [-0.3, -0.25) is 9.59 Å². The molecule has 7 heteroatoms. The fraction of sp³-hybridized carbons (Fsp3) is 0.556. The zero-order valence-corrected chi connectivity index (χ0v) is 14.3. The van der Waals surface area contributed by atoms with E-state index in [0.717, 1.165) is 18.4 Å². The van der Waals surface area contributed by atoms with Crippen LogP contribution in [0.3, 0.4) is 0 Å². The second-order valence-corrected chi connectivity index (χ2v) is 6.03. The molecule has 1 heterocycles.